The Balaban J connectivity index is 3.97. The molecule has 15 heavy (non-hydrogen) atoms. The highest BCUT2D eigenvalue weighted by molar-refractivity contribution is 7.90. The molecule has 0 aromatic carbocycles. The summed E-state index contributed by atoms with van der Waals surface area (Å²) in [4.78, 5) is 21.1. The second-order valence-electron chi connectivity index (χ2n) is 3.09. The van der Waals surface area contributed by atoms with Crippen molar-refractivity contribution in [2.75, 3.05) is 5.75 Å². The Hall–Kier alpha value is -1.11. The summed E-state index contributed by atoms with van der Waals surface area (Å²) in [5.41, 5.74) is 0. The first kappa shape index (κ1) is 13.9. The van der Waals surface area contributed by atoms with E-state index in [4.69, 9.17) is 5.11 Å². The number of amides is 1. The second kappa shape index (κ2) is 6.39. The lowest BCUT2D eigenvalue weighted by Crippen LogP contribution is -2.32. The molecule has 0 aromatic rings. The third-order valence-corrected chi connectivity index (χ3v) is 2.91. The van der Waals surface area contributed by atoms with Gasteiger partial charge in [-0.25, -0.2) is 8.42 Å². The molecule has 0 heterocycles. The van der Waals surface area contributed by atoms with Crippen LogP contribution in [0.5, 0.6) is 0 Å². The minimum absolute atomic E-state index is 0.00404. The zero-order valence-electron chi connectivity index (χ0n) is 8.52. The quantitative estimate of drug-likeness (QED) is 0.654. The van der Waals surface area contributed by atoms with Crippen molar-refractivity contribution in [1.82, 2.24) is 4.72 Å². The monoisotopic (exact) mass is 237 g/mol. The van der Waals surface area contributed by atoms with Gasteiger partial charge in [0, 0.05) is 12.8 Å². The van der Waals surface area contributed by atoms with E-state index in [9.17, 15) is 18.0 Å². The smallest absolute Gasteiger partial charge is 0.303 e. The summed E-state index contributed by atoms with van der Waals surface area (Å²) in [5.74, 6) is -1.94. The standard InChI is InChI=1S/C8H15NO5S/c1-2-4-7(10)9-15(13,14)6-3-5-8(11)12/h2-6H2,1H3,(H,9,10)(H,11,12). The zero-order valence-corrected chi connectivity index (χ0v) is 9.34. The molecule has 0 saturated heterocycles. The molecule has 0 aromatic heterocycles. The Labute approximate surface area is 88.7 Å². The zero-order chi connectivity index (χ0) is 11.9. The van der Waals surface area contributed by atoms with Crippen LogP contribution in [0.25, 0.3) is 0 Å². The minimum Gasteiger partial charge on any atom is -0.481 e. The number of nitrogens with one attached hydrogen (secondary N) is 1. The Morgan fingerprint density at radius 2 is 1.87 bits per heavy atom. The van der Waals surface area contributed by atoms with Crippen LogP contribution in [0.15, 0.2) is 0 Å². The number of carbonyl (C=O) groups is 2. The van der Waals surface area contributed by atoms with Gasteiger partial charge in [0.25, 0.3) is 0 Å². The molecule has 88 valence electrons. The lowest BCUT2D eigenvalue weighted by Gasteiger charge is -2.04. The third kappa shape index (κ3) is 7.92. The summed E-state index contributed by atoms with van der Waals surface area (Å²) in [6.07, 6.45) is 0.502. The van der Waals surface area contributed by atoms with Gasteiger partial charge in [-0.15, -0.1) is 0 Å². The van der Waals surface area contributed by atoms with Gasteiger partial charge in [0.05, 0.1) is 5.75 Å². The average molecular weight is 237 g/mol. The molecule has 0 saturated carbocycles. The lowest BCUT2D eigenvalue weighted by atomic mass is 10.3. The lowest BCUT2D eigenvalue weighted by molar-refractivity contribution is -0.137. The molecule has 0 rings (SSSR count). The van der Waals surface area contributed by atoms with Gasteiger partial charge in [-0.1, -0.05) is 6.92 Å². The molecule has 0 atom stereocenters. The van der Waals surface area contributed by atoms with Crippen LogP contribution in [0, 0.1) is 0 Å². The van der Waals surface area contributed by atoms with E-state index < -0.39 is 21.9 Å². The predicted octanol–water partition coefficient (Wildman–Crippen LogP) is 0.0973. The third-order valence-electron chi connectivity index (χ3n) is 1.55. The highest BCUT2D eigenvalue weighted by atomic mass is 32.2. The summed E-state index contributed by atoms with van der Waals surface area (Å²) in [6, 6.07) is 0. The number of aliphatic carboxylic acids is 1. The maximum atomic E-state index is 11.2. The van der Waals surface area contributed by atoms with E-state index in [2.05, 4.69) is 0 Å². The van der Waals surface area contributed by atoms with Gasteiger partial charge in [-0.3, -0.25) is 14.3 Å². The molecule has 0 unspecified atom stereocenters. The molecule has 0 aliphatic rings. The van der Waals surface area contributed by atoms with Crippen LogP contribution in [0.3, 0.4) is 0 Å². The van der Waals surface area contributed by atoms with Gasteiger partial charge in [0.15, 0.2) is 0 Å². The molecule has 1 amide bonds. The van der Waals surface area contributed by atoms with Gasteiger partial charge in [-0.05, 0) is 12.8 Å². The Morgan fingerprint density at radius 3 is 2.33 bits per heavy atom. The molecule has 0 aliphatic heterocycles. The van der Waals surface area contributed by atoms with E-state index in [-0.39, 0.29) is 25.0 Å². The van der Waals surface area contributed by atoms with E-state index in [1.54, 1.807) is 6.92 Å². The van der Waals surface area contributed by atoms with Crippen LogP contribution >= 0.6 is 0 Å². The molecule has 2 N–H and O–H groups in total. The Bertz CT molecular complexity index is 322. The number of hydrogen-bond acceptors (Lipinski definition) is 4. The van der Waals surface area contributed by atoms with Gasteiger partial charge < -0.3 is 5.11 Å². The number of sulfonamides is 1. The second-order valence-corrected chi connectivity index (χ2v) is 4.93. The van der Waals surface area contributed by atoms with Crippen molar-refractivity contribution < 1.29 is 23.1 Å². The van der Waals surface area contributed by atoms with Crippen LogP contribution in [0.2, 0.25) is 0 Å². The van der Waals surface area contributed by atoms with Crippen LogP contribution in [-0.2, 0) is 19.6 Å². The molecule has 7 heteroatoms. The summed E-state index contributed by atoms with van der Waals surface area (Å²) in [7, 11) is -3.66. The molecular formula is C8H15NO5S. The molecule has 0 radical (unpaired) electrons. The highest BCUT2D eigenvalue weighted by Crippen LogP contribution is 1.96. The number of carboxylic acids is 1. The fraction of sp³-hybridized carbons (Fsp3) is 0.750. The van der Waals surface area contributed by atoms with Crippen molar-refractivity contribution in [3.05, 3.63) is 0 Å². The predicted molar refractivity (Wildman–Crippen MR) is 53.7 cm³/mol. The topological polar surface area (TPSA) is 101 Å². The van der Waals surface area contributed by atoms with Crippen LogP contribution in [0.4, 0.5) is 0 Å². The van der Waals surface area contributed by atoms with Crippen molar-refractivity contribution in [1.29, 1.82) is 0 Å². The van der Waals surface area contributed by atoms with Crippen LogP contribution < -0.4 is 4.72 Å². The highest BCUT2D eigenvalue weighted by Gasteiger charge is 2.14. The maximum absolute atomic E-state index is 11.2. The molecular weight excluding hydrogens is 222 g/mol. The van der Waals surface area contributed by atoms with E-state index in [0.29, 0.717) is 6.42 Å². The Kier molecular flexibility index (Phi) is 5.92. The number of hydrogen-bond donors (Lipinski definition) is 2. The van der Waals surface area contributed by atoms with E-state index >= 15 is 0 Å². The molecule has 0 aliphatic carbocycles. The largest absolute Gasteiger partial charge is 0.481 e. The SMILES string of the molecule is CCCC(=O)NS(=O)(=O)CCCC(=O)O. The number of rotatable bonds is 7. The van der Waals surface area contributed by atoms with Gasteiger partial charge in [0.1, 0.15) is 0 Å². The Morgan fingerprint density at radius 1 is 1.27 bits per heavy atom. The first-order valence-corrected chi connectivity index (χ1v) is 6.27. The first-order chi connectivity index (χ1) is 6.87. The van der Waals surface area contributed by atoms with E-state index in [1.165, 1.54) is 0 Å². The summed E-state index contributed by atoms with van der Waals surface area (Å²) in [5, 5.41) is 8.29. The molecule has 0 fully saturated rings. The first-order valence-electron chi connectivity index (χ1n) is 4.62. The van der Waals surface area contributed by atoms with Crippen molar-refractivity contribution >= 4 is 21.9 Å². The normalized spacial score (nSPS) is 11.0. The van der Waals surface area contributed by atoms with Crippen molar-refractivity contribution in [2.45, 2.75) is 32.6 Å². The van der Waals surface area contributed by atoms with Crippen molar-refractivity contribution in [2.24, 2.45) is 0 Å². The minimum atomic E-state index is -3.66. The molecule has 0 spiro atoms. The number of carbonyl (C=O) groups excluding carboxylic acids is 1. The van der Waals surface area contributed by atoms with Gasteiger partial charge >= 0.3 is 5.97 Å². The van der Waals surface area contributed by atoms with E-state index in [1.807, 2.05) is 4.72 Å². The average Bonchev–Trinajstić information content (AvgIpc) is 2.01. The number of carboxylic acid groups (broad SMARTS) is 1. The van der Waals surface area contributed by atoms with E-state index in [0.717, 1.165) is 0 Å². The van der Waals surface area contributed by atoms with Gasteiger partial charge in [0.2, 0.25) is 15.9 Å². The van der Waals surface area contributed by atoms with Crippen molar-refractivity contribution in [3.63, 3.8) is 0 Å². The fourth-order valence-corrected chi connectivity index (χ4v) is 1.99. The van der Waals surface area contributed by atoms with Crippen LogP contribution in [-0.4, -0.2) is 31.2 Å². The van der Waals surface area contributed by atoms with Crippen LogP contribution in [0.1, 0.15) is 32.6 Å². The van der Waals surface area contributed by atoms with Crippen molar-refractivity contribution in [3.8, 4) is 0 Å². The summed E-state index contributed by atoms with van der Waals surface area (Å²) < 4.78 is 24.2. The van der Waals surface area contributed by atoms with Gasteiger partial charge in [-0.2, -0.15) is 0 Å². The maximum Gasteiger partial charge on any atom is 0.303 e. The fourth-order valence-electron chi connectivity index (χ4n) is 0.916. The molecule has 0 bridgehead atoms. The summed E-state index contributed by atoms with van der Waals surface area (Å²) >= 11 is 0. The summed E-state index contributed by atoms with van der Waals surface area (Å²) in [6.45, 7) is 1.76. The molecule has 6 nitrogen and oxygen atoms in total.